The number of hydrogen-bond acceptors (Lipinski definition) is 2. The van der Waals surface area contributed by atoms with E-state index in [0.29, 0.717) is 12.1 Å². The van der Waals surface area contributed by atoms with Crippen LogP contribution in [0.2, 0.25) is 5.02 Å². The number of aryl methyl sites for hydroxylation is 1. The van der Waals surface area contributed by atoms with Crippen molar-refractivity contribution in [2.45, 2.75) is 46.2 Å². The van der Waals surface area contributed by atoms with E-state index in [0.717, 1.165) is 24.0 Å². The van der Waals surface area contributed by atoms with Crippen LogP contribution in [0.15, 0.2) is 18.2 Å². The lowest BCUT2D eigenvalue weighted by atomic mass is 9.99. The van der Waals surface area contributed by atoms with E-state index in [1.54, 1.807) is 0 Å². The van der Waals surface area contributed by atoms with Gasteiger partial charge in [-0.2, -0.15) is 0 Å². The van der Waals surface area contributed by atoms with Gasteiger partial charge in [0.25, 0.3) is 0 Å². The molecule has 2 nitrogen and oxygen atoms in total. The SMILES string of the molecule is Cc1ccc(Cl)cc1N1CC(CC(C)C)NCC1C. The van der Waals surface area contributed by atoms with E-state index in [-0.39, 0.29) is 0 Å². The minimum atomic E-state index is 0.514. The van der Waals surface area contributed by atoms with Crippen molar-refractivity contribution in [2.24, 2.45) is 5.92 Å². The van der Waals surface area contributed by atoms with E-state index < -0.39 is 0 Å². The van der Waals surface area contributed by atoms with E-state index in [1.807, 2.05) is 6.07 Å². The number of piperazine rings is 1. The van der Waals surface area contributed by atoms with Crippen LogP contribution in [-0.2, 0) is 0 Å². The maximum atomic E-state index is 6.16. The van der Waals surface area contributed by atoms with Crippen molar-refractivity contribution in [1.29, 1.82) is 0 Å². The van der Waals surface area contributed by atoms with Gasteiger partial charge < -0.3 is 10.2 Å². The molecule has 106 valence electrons. The van der Waals surface area contributed by atoms with Crippen molar-refractivity contribution in [3.63, 3.8) is 0 Å². The van der Waals surface area contributed by atoms with Crippen molar-refractivity contribution in [3.05, 3.63) is 28.8 Å². The zero-order valence-electron chi connectivity index (χ0n) is 12.4. The van der Waals surface area contributed by atoms with Crippen LogP contribution in [0.1, 0.15) is 32.8 Å². The molecule has 2 rings (SSSR count). The molecule has 2 unspecified atom stereocenters. The van der Waals surface area contributed by atoms with Gasteiger partial charge in [-0.05, 0) is 43.9 Å². The van der Waals surface area contributed by atoms with Gasteiger partial charge in [-0.15, -0.1) is 0 Å². The molecule has 3 heteroatoms. The number of nitrogens with one attached hydrogen (secondary N) is 1. The Bertz CT molecular complexity index is 431. The Morgan fingerprint density at radius 3 is 2.84 bits per heavy atom. The monoisotopic (exact) mass is 280 g/mol. The Balaban J connectivity index is 2.18. The summed E-state index contributed by atoms with van der Waals surface area (Å²) in [5.74, 6) is 0.730. The average Bonchev–Trinajstić information content (AvgIpc) is 2.34. The predicted molar refractivity (Wildman–Crippen MR) is 84.2 cm³/mol. The number of rotatable bonds is 3. The molecule has 0 saturated carbocycles. The normalized spacial score (nSPS) is 24.0. The van der Waals surface area contributed by atoms with Crippen molar-refractivity contribution in [3.8, 4) is 0 Å². The highest BCUT2D eigenvalue weighted by molar-refractivity contribution is 6.30. The Morgan fingerprint density at radius 2 is 2.16 bits per heavy atom. The van der Waals surface area contributed by atoms with Gasteiger partial charge in [-0.3, -0.25) is 0 Å². The number of anilines is 1. The Labute approximate surface area is 122 Å². The van der Waals surface area contributed by atoms with Gasteiger partial charge in [-0.25, -0.2) is 0 Å². The summed E-state index contributed by atoms with van der Waals surface area (Å²) < 4.78 is 0. The van der Waals surface area contributed by atoms with E-state index >= 15 is 0 Å². The fourth-order valence-electron chi connectivity index (χ4n) is 2.88. The highest BCUT2D eigenvalue weighted by Gasteiger charge is 2.26. The molecular weight excluding hydrogens is 256 g/mol. The lowest BCUT2D eigenvalue weighted by molar-refractivity contribution is 0.355. The largest absolute Gasteiger partial charge is 0.366 e. The molecule has 0 amide bonds. The molecule has 1 saturated heterocycles. The molecule has 1 aliphatic rings. The molecule has 1 N–H and O–H groups in total. The number of nitrogens with zero attached hydrogens (tertiary/aromatic N) is 1. The van der Waals surface area contributed by atoms with Crippen molar-refractivity contribution < 1.29 is 0 Å². The fraction of sp³-hybridized carbons (Fsp3) is 0.625. The van der Waals surface area contributed by atoms with Crippen LogP contribution in [0.4, 0.5) is 5.69 Å². The Hall–Kier alpha value is -0.730. The van der Waals surface area contributed by atoms with Gasteiger partial charge in [-0.1, -0.05) is 31.5 Å². The minimum Gasteiger partial charge on any atom is -0.366 e. The first-order valence-electron chi connectivity index (χ1n) is 7.23. The number of halogens is 1. The summed E-state index contributed by atoms with van der Waals surface area (Å²) in [6.45, 7) is 11.1. The van der Waals surface area contributed by atoms with E-state index in [1.165, 1.54) is 17.7 Å². The molecule has 0 radical (unpaired) electrons. The molecule has 1 aromatic carbocycles. The van der Waals surface area contributed by atoms with Crippen LogP contribution in [-0.4, -0.2) is 25.2 Å². The van der Waals surface area contributed by atoms with Gasteiger partial charge >= 0.3 is 0 Å². The van der Waals surface area contributed by atoms with Gasteiger partial charge in [0, 0.05) is 35.9 Å². The molecule has 0 aromatic heterocycles. The van der Waals surface area contributed by atoms with Crippen LogP contribution in [0.25, 0.3) is 0 Å². The quantitative estimate of drug-likeness (QED) is 0.904. The molecule has 1 aromatic rings. The van der Waals surface area contributed by atoms with Crippen LogP contribution >= 0.6 is 11.6 Å². The Morgan fingerprint density at radius 1 is 1.42 bits per heavy atom. The van der Waals surface area contributed by atoms with Crippen LogP contribution in [0.5, 0.6) is 0 Å². The van der Waals surface area contributed by atoms with Crippen LogP contribution in [0.3, 0.4) is 0 Å². The lowest BCUT2D eigenvalue weighted by Gasteiger charge is -2.41. The fourth-order valence-corrected chi connectivity index (χ4v) is 3.05. The van der Waals surface area contributed by atoms with E-state index in [9.17, 15) is 0 Å². The second-order valence-corrected chi connectivity index (χ2v) is 6.60. The third-order valence-corrected chi connectivity index (χ3v) is 4.12. The third-order valence-electron chi connectivity index (χ3n) is 3.89. The molecule has 0 bridgehead atoms. The Kier molecular flexibility index (Phi) is 4.75. The van der Waals surface area contributed by atoms with Gasteiger partial charge in [0.05, 0.1) is 0 Å². The summed E-state index contributed by atoms with van der Waals surface area (Å²) >= 11 is 6.16. The molecule has 19 heavy (non-hydrogen) atoms. The summed E-state index contributed by atoms with van der Waals surface area (Å²) in [4.78, 5) is 2.50. The second kappa shape index (κ2) is 6.15. The predicted octanol–water partition coefficient (Wildman–Crippen LogP) is 3.86. The van der Waals surface area contributed by atoms with Gasteiger partial charge in [0.2, 0.25) is 0 Å². The molecule has 1 heterocycles. The summed E-state index contributed by atoms with van der Waals surface area (Å²) in [6.07, 6.45) is 1.23. The smallest absolute Gasteiger partial charge is 0.0426 e. The van der Waals surface area contributed by atoms with Gasteiger partial charge in [0.1, 0.15) is 0 Å². The number of benzene rings is 1. The van der Waals surface area contributed by atoms with Crippen LogP contribution in [0, 0.1) is 12.8 Å². The third kappa shape index (κ3) is 3.64. The maximum absolute atomic E-state index is 6.16. The molecule has 1 aliphatic heterocycles. The topological polar surface area (TPSA) is 15.3 Å². The molecule has 0 spiro atoms. The first-order valence-corrected chi connectivity index (χ1v) is 7.61. The second-order valence-electron chi connectivity index (χ2n) is 6.17. The summed E-state index contributed by atoms with van der Waals surface area (Å²) in [7, 11) is 0. The van der Waals surface area contributed by atoms with E-state index in [2.05, 4.69) is 50.0 Å². The highest BCUT2D eigenvalue weighted by Crippen LogP contribution is 2.28. The van der Waals surface area contributed by atoms with Crippen molar-refractivity contribution in [2.75, 3.05) is 18.0 Å². The first-order chi connectivity index (χ1) is 8.97. The maximum Gasteiger partial charge on any atom is 0.0426 e. The van der Waals surface area contributed by atoms with Gasteiger partial charge in [0.15, 0.2) is 0 Å². The zero-order valence-corrected chi connectivity index (χ0v) is 13.2. The minimum absolute atomic E-state index is 0.514. The molecule has 0 aliphatic carbocycles. The molecule has 1 fully saturated rings. The standard InChI is InChI=1S/C16H25ClN2/c1-11(2)7-15-10-19(13(4)9-18-15)16-8-14(17)6-5-12(16)3/h5-6,8,11,13,15,18H,7,9-10H2,1-4H3. The first kappa shape index (κ1) is 14.7. The van der Waals surface area contributed by atoms with Crippen molar-refractivity contribution in [1.82, 2.24) is 5.32 Å². The number of hydrogen-bond donors (Lipinski definition) is 1. The van der Waals surface area contributed by atoms with Crippen molar-refractivity contribution >= 4 is 17.3 Å². The summed E-state index contributed by atoms with van der Waals surface area (Å²) in [6, 6.07) is 7.28. The molecular formula is C16H25ClN2. The highest BCUT2D eigenvalue weighted by atomic mass is 35.5. The van der Waals surface area contributed by atoms with Crippen LogP contribution < -0.4 is 10.2 Å². The average molecular weight is 281 g/mol. The summed E-state index contributed by atoms with van der Waals surface area (Å²) in [5, 5.41) is 4.49. The summed E-state index contributed by atoms with van der Waals surface area (Å²) in [5.41, 5.74) is 2.59. The zero-order chi connectivity index (χ0) is 14.0. The van der Waals surface area contributed by atoms with E-state index in [4.69, 9.17) is 11.6 Å². The lowest BCUT2D eigenvalue weighted by Crippen LogP contribution is -2.56. The molecule has 2 atom stereocenters.